The van der Waals surface area contributed by atoms with Crippen LogP contribution in [-0.4, -0.2) is 26.3 Å². The maximum absolute atomic E-state index is 9.18. The Balaban J connectivity index is 2.32. The van der Waals surface area contributed by atoms with Crippen LogP contribution in [0, 0.1) is 11.3 Å². The average molecular weight is 283 g/mol. The van der Waals surface area contributed by atoms with Crippen molar-refractivity contribution < 1.29 is 9.47 Å². The van der Waals surface area contributed by atoms with Crippen molar-refractivity contribution in [2.45, 2.75) is 6.54 Å². The molecule has 0 radical (unpaired) electrons. The molecule has 0 bridgehead atoms. The number of nitrogens with zero attached hydrogens (tertiary/aromatic N) is 3. The Morgan fingerprint density at radius 3 is 2.62 bits per heavy atom. The number of benzene rings is 1. The number of hydrogen-bond acceptors (Lipinski definition) is 5. The summed E-state index contributed by atoms with van der Waals surface area (Å²) in [6, 6.07) is 11.4. The van der Waals surface area contributed by atoms with Gasteiger partial charge in [0.05, 0.1) is 32.0 Å². The molecule has 1 aromatic carbocycles. The van der Waals surface area contributed by atoms with Gasteiger partial charge in [-0.2, -0.15) is 5.26 Å². The molecular formula is C16H17N3O2. The molecule has 5 nitrogen and oxygen atoms in total. The van der Waals surface area contributed by atoms with Gasteiger partial charge in [0.2, 0.25) is 0 Å². The second kappa shape index (κ2) is 6.62. The highest BCUT2D eigenvalue weighted by Crippen LogP contribution is 2.30. The average Bonchev–Trinajstić information content (AvgIpc) is 2.54. The lowest BCUT2D eigenvalue weighted by molar-refractivity contribution is 0.349. The van der Waals surface area contributed by atoms with E-state index in [0.717, 1.165) is 11.4 Å². The quantitative estimate of drug-likeness (QED) is 0.844. The van der Waals surface area contributed by atoms with Crippen LogP contribution in [0.15, 0.2) is 36.5 Å². The normalized spacial score (nSPS) is 9.81. The van der Waals surface area contributed by atoms with Gasteiger partial charge in [-0.25, -0.2) is 0 Å². The number of nitriles is 1. The molecule has 5 heteroatoms. The predicted octanol–water partition coefficient (Wildman–Crippen LogP) is 2.61. The number of rotatable bonds is 5. The highest BCUT2D eigenvalue weighted by Gasteiger charge is 2.14. The molecule has 108 valence electrons. The molecule has 21 heavy (non-hydrogen) atoms. The lowest BCUT2D eigenvalue weighted by Crippen LogP contribution is -2.19. The number of anilines is 1. The molecule has 0 aliphatic carbocycles. The van der Waals surface area contributed by atoms with Crippen LogP contribution in [0.3, 0.4) is 0 Å². The van der Waals surface area contributed by atoms with Gasteiger partial charge in [-0.05, 0) is 12.1 Å². The van der Waals surface area contributed by atoms with Gasteiger partial charge >= 0.3 is 0 Å². The summed E-state index contributed by atoms with van der Waals surface area (Å²) in [7, 11) is 5.10. The van der Waals surface area contributed by atoms with Crippen LogP contribution >= 0.6 is 0 Å². The summed E-state index contributed by atoms with van der Waals surface area (Å²) >= 11 is 0. The number of para-hydroxylation sites is 1. The molecule has 2 rings (SSSR count). The van der Waals surface area contributed by atoms with Crippen LogP contribution in [0.1, 0.15) is 11.3 Å². The van der Waals surface area contributed by atoms with Gasteiger partial charge < -0.3 is 14.4 Å². The summed E-state index contributed by atoms with van der Waals surface area (Å²) in [5.74, 6) is 1.26. The zero-order valence-corrected chi connectivity index (χ0v) is 12.3. The smallest absolute Gasteiger partial charge is 0.184 e. The van der Waals surface area contributed by atoms with Crippen LogP contribution in [0.25, 0.3) is 0 Å². The number of pyridine rings is 1. The van der Waals surface area contributed by atoms with Crippen LogP contribution in [-0.2, 0) is 6.54 Å². The summed E-state index contributed by atoms with van der Waals surface area (Å²) in [4.78, 5) is 6.31. The van der Waals surface area contributed by atoms with Gasteiger partial charge in [0.1, 0.15) is 11.8 Å². The largest absolute Gasteiger partial charge is 0.493 e. The van der Waals surface area contributed by atoms with Gasteiger partial charge in [0, 0.05) is 19.3 Å². The second-order valence-corrected chi connectivity index (χ2v) is 4.48. The monoisotopic (exact) mass is 283 g/mol. The number of hydrogen-bond donors (Lipinski definition) is 0. The van der Waals surface area contributed by atoms with Crippen molar-refractivity contribution in [1.82, 2.24) is 4.98 Å². The Hall–Kier alpha value is -2.74. The van der Waals surface area contributed by atoms with Crippen LogP contribution in [0.5, 0.6) is 11.5 Å². The molecule has 0 atom stereocenters. The van der Waals surface area contributed by atoms with Crippen LogP contribution < -0.4 is 14.4 Å². The van der Waals surface area contributed by atoms with E-state index in [-0.39, 0.29) is 0 Å². The van der Waals surface area contributed by atoms with E-state index in [1.54, 1.807) is 32.5 Å². The van der Waals surface area contributed by atoms with Gasteiger partial charge in [-0.1, -0.05) is 12.1 Å². The fourth-order valence-corrected chi connectivity index (χ4v) is 2.17. The van der Waals surface area contributed by atoms with E-state index in [2.05, 4.69) is 11.1 Å². The molecular weight excluding hydrogens is 266 g/mol. The topological polar surface area (TPSA) is 58.4 Å². The van der Waals surface area contributed by atoms with Crippen molar-refractivity contribution in [3.63, 3.8) is 0 Å². The number of aromatic nitrogens is 1. The summed E-state index contributed by atoms with van der Waals surface area (Å²) in [5, 5.41) is 9.18. The van der Waals surface area contributed by atoms with Gasteiger partial charge in [0.15, 0.2) is 11.5 Å². The summed E-state index contributed by atoms with van der Waals surface area (Å²) in [6.07, 6.45) is 1.68. The molecule has 1 aromatic heterocycles. The third-order valence-corrected chi connectivity index (χ3v) is 3.19. The standard InChI is InChI=1S/C16H17N3O2/c1-19(14-7-5-4-6-12(14)10-17)11-13-16(21-3)15(20-2)8-9-18-13/h4-9H,11H2,1-3H3. The lowest BCUT2D eigenvalue weighted by atomic mass is 10.1. The van der Waals surface area contributed by atoms with E-state index in [1.165, 1.54) is 0 Å². The first-order chi connectivity index (χ1) is 10.2. The molecule has 0 fully saturated rings. The fraction of sp³-hybridized carbons (Fsp3) is 0.250. The second-order valence-electron chi connectivity index (χ2n) is 4.48. The van der Waals surface area contributed by atoms with Crippen molar-refractivity contribution in [2.24, 2.45) is 0 Å². The predicted molar refractivity (Wildman–Crippen MR) is 80.6 cm³/mol. The third kappa shape index (κ3) is 3.06. The van der Waals surface area contributed by atoms with Gasteiger partial charge in [0.25, 0.3) is 0 Å². The minimum absolute atomic E-state index is 0.513. The number of methoxy groups -OCH3 is 2. The van der Waals surface area contributed by atoms with E-state index in [0.29, 0.717) is 23.6 Å². The highest BCUT2D eigenvalue weighted by atomic mass is 16.5. The summed E-state index contributed by atoms with van der Waals surface area (Å²) in [6.45, 7) is 0.513. The first-order valence-electron chi connectivity index (χ1n) is 6.47. The number of ether oxygens (including phenoxy) is 2. The maximum Gasteiger partial charge on any atom is 0.184 e. The molecule has 0 amide bonds. The van der Waals surface area contributed by atoms with Crippen LogP contribution in [0.2, 0.25) is 0 Å². The summed E-state index contributed by atoms with van der Waals surface area (Å²) in [5.41, 5.74) is 2.24. The first-order valence-corrected chi connectivity index (χ1v) is 6.47. The minimum atomic E-state index is 0.513. The van der Waals surface area contributed by atoms with Crippen molar-refractivity contribution in [3.05, 3.63) is 47.8 Å². The zero-order valence-electron chi connectivity index (χ0n) is 12.3. The Kier molecular flexibility index (Phi) is 4.62. The van der Waals surface area contributed by atoms with E-state index < -0.39 is 0 Å². The Bertz CT molecular complexity index is 665. The molecule has 0 unspecified atom stereocenters. The van der Waals surface area contributed by atoms with E-state index in [1.807, 2.05) is 30.1 Å². The minimum Gasteiger partial charge on any atom is -0.493 e. The molecule has 0 spiro atoms. The first kappa shape index (κ1) is 14.7. The van der Waals surface area contributed by atoms with E-state index in [4.69, 9.17) is 9.47 Å². The van der Waals surface area contributed by atoms with Gasteiger partial charge in [-0.3, -0.25) is 4.98 Å². The fourth-order valence-electron chi connectivity index (χ4n) is 2.17. The molecule has 0 aliphatic heterocycles. The molecule has 0 aliphatic rings. The SMILES string of the molecule is COc1ccnc(CN(C)c2ccccc2C#N)c1OC. The Labute approximate surface area is 124 Å². The molecule has 0 N–H and O–H groups in total. The van der Waals surface area contributed by atoms with E-state index in [9.17, 15) is 5.26 Å². The van der Waals surface area contributed by atoms with Crippen molar-refractivity contribution in [1.29, 1.82) is 5.26 Å². The third-order valence-electron chi connectivity index (χ3n) is 3.19. The molecule has 1 heterocycles. The summed E-state index contributed by atoms with van der Waals surface area (Å²) < 4.78 is 10.7. The Morgan fingerprint density at radius 2 is 1.95 bits per heavy atom. The van der Waals surface area contributed by atoms with Crippen molar-refractivity contribution >= 4 is 5.69 Å². The zero-order chi connectivity index (χ0) is 15.2. The lowest BCUT2D eigenvalue weighted by Gasteiger charge is -2.21. The molecule has 2 aromatic rings. The highest BCUT2D eigenvalue weighted by molar-refractivity contribution is 5.59. The molecule has 0 saturated carbocycles. The molecule has 0 saturated heterocycles. The van der Waals surface area contributed by atoms with Crippen LogP contribution in [0.4, 0.5) is 5.69 Å². The van der Waals surface area contributed by atoms with Gasteiger partial charge in [-0.15, -0.1) is 0 Å². The van der Waals surface area contributed by atoms with Crippen molar-refractivity contribution in [2.75, 3.05) is 26.2 Å². The maximum atomic E-state index is 9.18. The van der Waals surface area contributed by atoms with E-state index >= 15 is 0 Å². The Morgan fingerprint density at radius 1 is 1.19 bits per heavy atom. The van der Waals surface area contributed by atoms with Crippen molar-refractivity contribution in [3.8, 4) is 17.6 Å².